The van der Waals surface area contributed by atoms with Gasteiger partial charge in [-0.25, -0.2) is 0 Å². The van der Waals surface area contributed by atoms with Gasteiger partial charge in [-0.1, -0.05) is 13.8 Å². The van der Waals surface area contributed by atoms with Crippen LogP contribution in [0.3, 0.4) is 0 Å². The summed E-state index contributed by atoms with van der Waals surface area (Å²) in [7, 11) is 6.75. The fourth-order valence-electron chi connectivity index (χ4n) is 8.14. The quantitative estimate of drug-likeness (QED) is 0.524. The van der Waals surface area contributed by atoms with E-state index in [1.807, 2.05) is 0 Å². The van der Waals surface area contributed by atoms with Gasteiger partial charge in [0.15, 0.2) is 6.10 Å². The molecule has 4 fully saturated rings. The Bertz CT molecular complexity index is 667. The first kappa shape index (κ1) is 20.4. The van der Waals surface area contributed by atoms with Gasteiger partial charge in [-0.05, 0) is 67.6 Å². The van der Waals surface area contributed by atoms with Crippen LogP contribution < -0.4 is 0 Å². The van der Waals surface area contributed by atoms with Gasteiger partial charge in [0.1, 0.15) is 11.8 Å². The maximum absolute atomic E-state index is 12.6. The average Bonchev–Trinajstić information content (AvgIpc) is 2.88. The van der Waals surface area contributed by atoms with Crippen LogP contribution in [-0.4, -0.2) is 49.5 Å². The number of likely N-dealkylation sites (N-methyl/N-ethyl adjacent to an activating group) is 1. The van der Waals surface area contributed by atoms with Crippen molar-refractivity contribution in [2.24, 2.45) is 34.5 Å². The molecule has 4 aliphatic rings. The zero-order valence-electron chi connectivity index (χ0n) is 18.8. The van der Waals surface area contributed by atoms with Crippen molar-refractivity contribution in [3.8, 4) is 0 Å². The van der Waals surface area contributed by atoms with Crippen molar-refractivity contribution in [2.45, 2.75) is 84.3 Å². The first-order valence-electron chi connectivity index (χ1n) is 11.5. The van der Waals surface area contributed by atoms with E-state index in [4.69, 9.17) is 4.74 Å². The predicted octanol–water partition coefficient (Wildman–Crippen LogP) is 4.21. The third-order valence-electron chi connectivity index (χ3n) is 9.68. The number of rotatable bonds is 2. The topological polar surface area (TPSA) is 43.4 Å². The Labute approximate surface area is 171 Å². The van der Waals surface area contributed by atoms with Crippen molar-refractivity contribution >= 4 is 11.8 Å². The van der Waals surface area contributed by atoms with Crippen molar-refractivity contribution < 1.29 is 18.8 Å². The zero-order valence-corrected chi connectivity index (χ0v) is 18.8. The summed E-state index contributed by atoms with van der Waals surface area (Å²) in [5.41, 5.74) is 0.265. The summed E-state index contributed by atoms with van der Waals surface area (Å²) < 4.78 is 6.71. The van der Waals surface area contributed by atoms with E-state index in [1.54, 1.807) is 6.92 Å². The molecule has 0 amide bonds. The van der Waals surface area contributed by atoms with Crippen LogP contribution >= 0.6 is 0 Å². The second-order valence-electron chi connectivity index (χ2n) is 11.8. The SMILES string of the molecule is CC(=O)OC1CC2CCC3C4CCC(=O)C4(C)CCC3C2(C)CC1[N+](C)(C)C. The Hall–Kier alpha value is -0.900. The minimum atomic E-state index is -0.140. The Morgan fingerprint density at radius 1 is 1.07 bits per heavy atom. The number of carbonyl (C=O) groups is 2. The molecular formula is C24H40NO3+. The molecule has 28 heavy (non-hydrogen) atoms. The molecule has 0 aromatic heterocycles. The lowest BCUT2D eigenvalue weighted by Gasteiger charge is -2.62. The molecule has 0 N–H and O–H groups in total. The first-order valence-corrected chi connectivity index (χ1v) is 11.5. The van der Waals surface area contributed by atoms with Crippen LogP contribution in [-0.2, 0) is 14.3 Å². The van der Waals surface area contributed by atoms with E-state index in [1.165, 1.54) is 19.3 Å². The molecule has 0 radical (unpaired) electrons. The monoisotopic (exact) mass is 390 g/mol. The van der Waals surface area contributed by atoms with Crippen LogP contribution in [0, 0.1) is 34.5 Å². The number of ketones is 1. The van der Waals surface area contributed by atoms with Gasteiger partial charge in [0.05, 0.1) is 21.1 Å². The summed E-state index contributed by atoms with van der Waals surface area (Å²) in [5, 5.41) is 0. The van der Waals surface area contributed by atoms with E-state index in [-0.39, 0.29) is 17.5 Å². The number of nitrogens with zero attached hydrogens (tertiary/aromatic N) is 1. The molecule has 4 heteroatoms. The Morgan fingerprint density at radius 3 is 2.43 bits per heavy atom. The molecule has 0 bridgehead atoms. The number of hydrogen-bond acceptors (Lipinski definition) is 3. The summed E-state index contributed by atoms with van der Waals surface area (Å²) >= 11 is 0. The third-order valence-corrected chi connectivity index (χ3v) is 9.68. The van der Waals surface area contributed by atoms with Crippen LogP contribution in [0.2, 0.25) is 0 Å². The highest BCUT2D eigenvalue weighted by molar-refractivity contribution is 5.87. The molecule has 0 spiro atoms. The Balaban J connectivity index is 1.63. The predicted molar refractivity (Wildman–Crippen MR) is 109 cm³/mol. The highest BCUT2D eigenvalue weighted by atomic mass is 16.5. The lowest BCUT2D eigenvalue weighted by Crippen LogP contribution is -2.63. The molecule has 0 saturated heterocycles. The molecule has 4 saturated carbocycles. The third kappa shape index (κ3) is 2.97. The number of fused-ring (bicyclic) bond motifs is 5. The second kappa shape index (κ2) is 6.55. The number of esters is 1. The van der Waals surface area contributed by atoms with Crippen LogP contribution in [0.25, 0.3) is 0 Å². The van der Waals surface area contributed by atoms with E-state index in [2.05, 4.69) is 35.0 Å². The van der Waals surface area contributed by atoms with Crippen molar-refractivity contribution in [3.05, 3.63) is 0 Å². The highest BCUT2D eigenvalue weighted by Gasteiger charge is 2.62. The minimum Gasteiger partial charge on any atom is -0.456 e. The molecule has 8 unspecified atom stereocenters. The number of Topliss-reactive ketones (excluding diaryl/α,β-unsaturated/α-hetero) is 1. The minimum absolute atomic E-state index is 0.0361. The first-order chi connectivity index (χ1) is 13.0. The van der Waals surface area contributed by atoms with E-state index in [9.17, 15) is 9.59 Å². The van der Waals surface area contributed by atoms with E-state index >= 15 is 0 Å². The summed E-state index contributed by atoms with van der Waals surface area (Å²) in [6.45, 7) is 6.36. The van der Waals surface area contributed by atoms with Gasteiger partial charge in [-0.15, -0.1) is 0 Å². The molecule has 8 atom stereocenters. The summed E-state index contributed by atoms with van der Waals surface area (Å²) in [5.74, 6) is 3.07. The van der Waals surface area contributed by atoms with Crippen LogP contribution in [0.4, 0.5) is 0 Å². The Kier molecular flexibility index (Phi) is 4.77. The molecular weight excluding hydrogens is 350 g/mol. The molecule has 4 nitrogen and oxygen atoms in total. The van der Waals surface area contributed by atoms with E-state index in [0.717, 1.165) is 42.5 Å². The van der Waals surface area contributed by atoms with Crippen molar-refractivity contribution in [1.82, 2.24) is 0 Å². The molecule has 4 rings (SSSR count). The van der Waals surface area contributed by atoms with Crippen molar-refractivity contribution in [3.63, 3.8) is 0 Å². The smallest absolute Gasteiger partial charge is 0.303 e. The summed E-state index contributed by atoms with van der Waals surface area (Å²) in [4.78, 5) is 24.4. The fraction of sp³-hybridized carbons (Fsp3) is 0.917. The lowest BCUT2D eigenvalue weighted by molar-refractivity contribution is -0.902. The lowest BCUT2D eigenvalue weighted by atomic mass is 9.44. The van der Waals surface area contributed by atoms with Gasteiger partial charge in [0.25, 0.3) is 0 Å². The number of carbonyl (C=O) groups excluding carboxylic acids is 2. The zero-order chi connectivity index (χ0) is 20.5. The van der Waals surface area contributed by atoms with Crippen molar-refractivity contribution in [2.75, 3.05) is 21.1 Å². The van der Waals surface area contributed by atoms with Crippen LogP contribution in [0.5, 0.6) is 0 Å². The number of ether oxygens (including phenoxy) is 1. The molecule has 0 aromatic carbocycles. The average molecular weight is 391 g/mol. The second-order valence-corrected chi connectivity index (χ2v) is 11.8. The van der Waals surface area contributed by atoms with Gasteiger partial charge in [0, 0.05) is 25.2 Å². The molecule has 4 aliphatic carbocycles. The van der Waals surface area contributed by atoms with Gasteiger partial charge in [-0.3, -0.25) is 9.59 Å². The Morgan fingerprint density at radius 2 is 1.79 bits per heavy atom. The van der Waals surface area contributed by atoms with Gasteiger partial charge < -0.3 is 9.22 Å². The fourth-order valence-corrected chi connectivity index (χ4v) is 8.14. The standard InChI is InChI=1S/C24H40NO3/c1-15(26)28-21-13-16-7-8-17-18-9-10-22(27)23(18,2)12-11-19(17)24(16,3)14-20(21)25(4,5)6/h16-21H,7-14H2,1-6H3/q+1. The van der Waals surface area contributed by atoms with Crippen LogP contribution in [0.1, 0.15) is 72.1 Å². The van der Waals surface area contributed by atoms with Crippen LogP contribution in [0.15, 0.2) is 0 Å². The number of quaternary nitrogens is 1. The molecule has 0 aromatic rings. The molecule has 0 heterocycles. The normalized spacial score (nSPS) is 48.4. The summed E-state index contributed by atoms with van der Waals surface area (Å²) in [6.07, 6.45) is 8.90. The van der Waals surface area contributed by atoms with Gasteiger partial charge >= 0.3 is 5.97 Å². The number of hydrogen-bond donors (Lipinski definition) is 0. The molecule has 0 aliphatic heterocycles. The van der Waals surface area contributed by atoms with E-state index < -0.39 is 0 Å². The maximum Gasteiger partial charge on any atom is 0.303 e. The maximum atomic E-state index is 12.6. The van der Waals surface area contributed by atoms with E-state index in [0.29, 0.717) is 35.0 Å². The summed E-state index contributed by atoms with van der Waals surface area (Å²) in [6, 6.07) is 0.349. The van der Waals surface area contributed by atoms with Gasteiger partial charge in [0.2, 0.25) is 0 Å². The molecule has 158 valence electrons. The van der Waals surface area contributed by atoms with Crippen molar-refractivity contribution in [1.29, 1.82) is 0 Å². The largest absolute Gasteiger partial charge is 0.456 e. The highest BCUT2D eigenvalue weighted by Crippen LogP contribution is 2.65. The van der Waals surface area contributed by atoms with Gasteiger partial charge in [-0.2, -0.15) is 0 Å².